The average molecular weight is 342 g/mol. The van der Waals surface area contributed by atoms with Crippen LogP contribution in [0.2, 0.25) is 0 Å². The van der Waals surface area contributed by atoms with Crippen molar-refractivity contribution in [2.24, 2.45) is 5.92 Å². The number of methoxy groups -OCH3 is 1. The van der Waals surface area contributed by atoms with Crippen LogP contribution in [0.4, 0.5) is 0 Å². The van der Waals surface area contributed by atoms with Gasteiger partial charge in [0.05, 0.1) is 6.10 Å². The predicted molar refractivity (Wildman–Crippen MR) is 84.8 cm³/mol. The highest BCUT2D eigenvalue weighted by molar-refractivity contribution is 9.10. The van der Waals surface area contributed by atoms with Crippen LogP contribution in [0.5, 0.6) is 0 Å². The fourth-order valence-corrected chi connectivity index (χ4v) is 3.37. The fourth-order valence-electron chi connectivity index (χ4n) is 2.82. The number of hydrogen-bond donors (Lipinski definition) is 1. The van der Waals surface area contributed by atoms with E-state index < -0.39 is 0 Å². The number of rotatable bonds is 6. The van der Waals surface area contributed by atoms with Gasteiger partial charge in [-0.25, -0.2) is 0 Å². The molecule has 1 atom stereocenters. The molecular formula is C16H24BrNO2. The largest absolute Gasteiger partial charge is 0.388 e. The van der Waals surface area contributed by atoms with Crippen molar-refractivity contribution in [1.82, 2.24) is 4.90 Å². The van der Waals surface area contributed by atoms with Crippen LogP contribution >= 0.6 is 15.9 Å². The van der Waals surface area contributed by atoms with Gasteiger partial charge in [0.15, 0.2) is 0 Å². The predicted octanol–water partition coefficient (Wildman–Crippen LogP) is 3.23. The Kier molecular flexibility index (Phi) is 6.49. The van der Waals surface area contributed by atoms with Crippen LogP contribution in [0.1, 0.15) is 30.9 Å². The van der Waals surface area contributed by atoms with E-state index in [-0.39, 0.29) is 6.10 Å². The van der Waals surface area contributed by atoms with Crippen LogP contribution < -0.4 is 0 Å². The molecule has 1 aliphatic rings. The molecular weight excluding hydrogens is 318 g/mol. The molecule has 1 aromatic carbocycles. The first-order valence-corrected chi connectivity index (χ1v) is 8.13. The van der Waals surface area contributed by atoms with Gasteiger partial charge >= 0.3 is 0 Å². The number of hydrogen-bond acceptors (Lipinski definition) is 3. The van der Waals surface area contributed by atoms with Gasteiger partial charge in [-0.05, 0) is 49.9 Å². The summed E-state index contributed by atoms with van der Waals surface area (Å²) in [5.41, 5.74) is 0.988. The lowest BCUT2D eigenvalue weighted by Crippen LogP contribution is -2.36. The van der Waals surface area contributed by atoms with Crippen LogP contribution in [0, 0.1) is 5.92 Å². The van der Waals surface area contributed by atoms with Crippen molar-refractivity contribution >= 4 is 15.9 Å². The summed E-state index contributed by atoms with van der Waals surface area (Å²) in [7, 11) is 1.78. The molecule has 0 saturated carbocycles. The molecule has 0 bridgehead atoms. The molecule has 0 radical (unpaired) electrons. The molecule has 1 N–H and O–H groups in total. The van der Waals surface area contributed by atoms with E-state index in [1.165, 1.54) is 12.8 Å². The van der Waals surface area contributed by atoms with Crippen molar-refractivity contribution in [3.05, 3.63) is 34.3 Å². The van der Waals surface area contributed by atoms with E-state index in [2.05, 4.69) is 20.8 Å². The van der Waals surface area contributed by atoms with E-state index in [9.17, 15) is 5.11 Å². The van der Waals surface area contributed by atoms with Gasteiger partial charge in [-0.3, -0.25) is 0 Å². The highest BCUT2D eigenvalue weighted by Crippen LogP contribution is 2.26. The van der Waals surface area contributed by atoms with Gasteiger partial charge in [0.1, 0.15) is 0 Å². The zero-order valence-corrected chi connectivity index (χ0v) is 13.7. The number of halogens is 1. The monoisotopic (exact) mass is 341 g/mol. The Balaban J connectivity index is 1.75. The third-order valence-corrected chi connectivity index (χ3v) is 4.81. The molecule has 1 aliphatic heterocycles. The topological polar surface area (TPSA) is 32.7 Å². The molecule has 1 fully saturated rings. The molecule has 112 valence electrons. The van der Waals surface area contributed by atoms with Crippen molar-refractivity contribution < 1.29 is 9.84 Å². The number of aliphatic hydroxyl groups excluding tert-OH is 1. The summed E-state index contributed by atoms with van der Waals surface area (Å²) in [5.74, 6) is 0.712. The SMILES string of the molecule is COCC1CCN(CCC(O)c2ccccc2Br)CC1. The summed E-state index contributed by atoms with van der Waals surface area (Å²) in [6, 6.07) is 7.91. The molecule has 1 heterocycles. The minimum Gasteiger partial charge on any atom is -0.388 e. The van der Waals surface area contributed by atoms with E-state index in [4.69, 9.17) is 4.74 Å². The van der Waals surface area contributed by atoms with Crippen molar-refractivity contribution in [3.63, 3.8) is 0 Å². The highest BCUT2D eigenvalue weighted by Gasteiger charge is 2.20. The minimum atomic E-state index is -0.387. The first kappa shape index (κ1) is 16.0. The molecule has 0 amide bonds. The molecule has 2 rings (SSSR count). The molecule has 1 saturated heterocycles. The maximum absolute atomic E-state index is 10.3. The van der Waals surface area contributed by atoms with Crippen LogP contribution in [-0.4, -0.2) is 43.4 Å². The van der Waals surface area contributed by atoms with Gasteiger partial charge in [0.2, 0.25) is 0 Å². The Morgan fingerprint density at radius 2 is 2.05 bits per heavy atom. The third kappa shape index (κ3) is 4.55. The van der Waals surface area contributed by atoms with E-state index in [1.807, 2.05) is 24.3 Å². The molecule has 0 spiro atoms. The van der Waals surface area contributed by atoms with Crippen molar-refractivity contribution in [2.75, 3.05) is 33.4 Å². The zero-order chi connectivity index (χ0) is 14.4. The first-order chi connectivity index (χ1) is 9.70. The third-order valence-electron chi connectivity index (χ3n) is 4.09. The van der Waals surface area contributed by atoms with Crippen LogP contribution in [-0.2, 0) is 4.74 Å². The first-order valence-electron chi connectivity index (χ1n) is 7.34. The molecule has 0 aliphatic carbocycles. The Morgan fingerprint density at radius 3 is 2.70 bits per heavy atom. The van der Waals surface area contributed by atoms with Gasteiger partial charge in [0.25, 0.3) is 0 Å². The molecule has 1 unspecified atom stereocenters. The normalized spacial score (nSPS) is 19.1. The highest BCUT2D eigenvalue weighted by atomic mass is 79.9. The van der Waals surface area contributed by atoms with E-state index in [1.54, 1.807) is 7.11 Å². The van der Waals surface area contributed by atoms with Gasteiger partial charge in [-0.2, -0.15) is 0 Å². The summed E-state index contributed by atoms with van der Waals surface area (Å²) >= 11 is 3.50. The number of ether oxygens (including phenoxy) is 1. The van der Waals surface area contributed by atoms with Gasteiger partial charge in [-0.1, -0.05) is 34.1 Å². The van der Waals surface area contributed by atoms with Crippen molar-refractivity contribution in [1.29, 1.82) is 0 Å². The summed E-state index contributed by atoms with van der Waals surface area (Å²) in [5, 5.41) is 10.3. The molecule has 1 aromatic rings. The van der Waals surface area contributed by atoms with Crippen LogP contribution in [0.15, 0.2) is 28.7 Å². The number of benzene rings is 1. The Labute approximate surface area is 130 Å². The summed E-state index contributed by atoms with van der Waals surface area (Å²) < 4.78 is 6.21. The van der Waals surface area contributed by atoms with Crippen LogP contribution in [0.25, 0.3) is 0 Å². The van der Waals surface area contributed by atoms with Gasteiger partial charge < -0.3 is 14.7 Å². The summed E-state index contributed by atoms with van der Waals surface area (Å²) in [4.78, 5) is 2.45. The van der Waals surface area contributed by atoms with Crippen molar-refractivity contribution in [3.8, 4) is 0 Å². The van der Waals surface area contributed by atoms with E-state index in [0.29, 0.717) is 5.92 Å². The Bertz CT molecular complexity index is 405. The molecule has 20 heavy (non-hydrogen) atoms. The summed E-state index contributed by atoms with van der Waals surface area (Å²) in [6.07, 6.45) is 2.82. The van der Waals surface area contributed by atoms with Gasteiger partial charge in [0, 0.05) is 24.7 Å². The number of aliphatic hydroxyl groups is 1. The lowest BCUT2D eigenvalue weighted by atomic mass is 9.97. The smallest absolute Gasteiger partial charge is 0.0813 e. The minimum absolute atomic E-state index is 0.387. The lowest BCUT2D eigenvalue weighted by molar-refractivity contribution is 0.0868. The number of likely N-dealkylation sites (tertiary alicyclic amines) is 1. The second-order valence-corrected chi connectivity index (χ2v) is 6.42. The number of nitrogens with zero attached hydrogens (tertiary/aromatic N) is 1. The molecule has 0 aromatic heterocycles. The molecule has 3 nitrogen and oxygen atoms in total. The quantitative estimate of drug-likeness (QED) is 0.862. The molecule has 4 heteroatoms. The second-order valence-electron chi connectivity index (χ2n) is 5.57. The standard InChI is InChI=1S/C16H24BrNO2/c1-20-12-13-6-9-18(10-7-13)11-8-16(19)14-4-2-3-5-15(14)17/h2-5,13,16,19H,6-12H2,1H3. The van der Waals surface area contributed by atoms with Crippen LogP contribution in [0.3, 0.4) is 0 Å². The maximum atomic E-state index is 10.3. The lowest BCUT2D eigenvalue weighted by Gasteiger charge is -2.32. The van der Waals surface area contributed by atoms with E-state index in [0.717, 1.165) is 42.7 Å². The van der Waals surface area contributed by atoms with Crippen molar-refractivity contribution in [2.45, 2.75) is 25.4 Å². The Morgan fingerprint density at radius 1 is 1.35 bits per heavy atom. The fraction of sp³-hybridized carbons (Fsp3) is 0.625. The van der Waals surface area contributed by atoms with E-state index >= 15 is 0 Å². The maximum Gasteiger partial charge on any atom is 0.0813 e. The number of piperidine rings is 1. The average Bonchev–Trinajstić information content (AvgIpc) is 2.47. The Hall–Kier alpha value is -0.420. The summed E-state index contributed by atoms with van der Waals surface area (Å²) in [6.45, 7) is 4.09. The van der Waals surface area contributed by atoms with Gasteiger partial charge in [-0.15, -0.1) is 0 Å². The zero-order valence-electron chi connectivity index (χ0n) is 12.1. The second kappa shape index (κ2) is 8.13.